The molecule has 13 heavy (non-hydrogen) atoms. The Kier molecular flexibility index (Phi) is 3.86. The van der Waals surface area contributed by atoms with Crippen LogP contribution in [-0.4, -0.2) is 45.9 Å². The number of carboxylic acid groups (broad SMARTS) is 1. The molecule has 1 saturated heterocycles. The van der Waals surface area contributed by atoms with Crippen LogP contribution < -0.4 is 0 Å². The van der Waals surface area contributed by atoms with E-state index >= 15 is 0 Å². The molecule has 0 saturated carbocycles. The van der Waals surface area contributed by atoms with Crippen molar-refractivity contribution < 1.29 is 27.9 Å². The first-order valence-electron chi connectivity index (χ1n) is 3.58. The fourth-order valence-electron chi connectivity index (χ4n) is 1.07. The molecule has 1 fully saturated rings. The normalized spacial score (nSPS) is 40.2. The van der Waals surface area contributed by atoms with Gasteiger partial charge in [0.05, 0.1) is 6.10 Å². The third-order valence-electron chi connectivity index (χ3n) is 1.79. The molecule has 4 atom stereocenters. The van der Waals surface area contributed by atoms with E-state index in [-0.39, 0.29) is 6.42 Å². The number of halogens is 1. The summed E-state index contributed by atoms with van der Waals surface area (Å²) >= 11 is 1.48. The fraction of sp³-hybridized carbons (Fsp3) is 0.833. The summed E-state index contributed by atoms with van der Waals surface area (Å²) in [6, 6.07) is 0. The maximum atomic E-state index is 10.5. The predicted octanol–water partition coefficient (Wildman–Crippen LogP) is -0.726. The van der Waals surface area contributed by atoms with Crippen LogP contribution in [0.4, 0.5) is 0 Å². The van der Waals surface area contributed by atoms with Crippen LogP contribution in [0.25, 0.3) is 0 Å². The van der Waals surface area contributed by atoms with Gasteiger partial charge in [-0.3, -0.25) is 3.07 Å². The molecule has 0 aromatic heterocycles. The third kappa shape index (κ3) is 2.50. The molecule has 0 spiro atoms. The largest absolute Gasteiger partial charge is 0.479 e. The minimum atomic E-state index is -1.20. The van der Waals surface area contributed by atoms with Crippen LogP contribution in [0.2, 0.25) is 0 Å². The lowest BCUT2D eigenvalue weighted by Crippen LogP contribution is -2.50. The molecule has 6 nitrogen and oxygen atoms in total. The van der Waals surface area contributed by atoms with E-state index in [4.69, 9.17) is 9.84 Å². The Bertz CT molecular complexity index is 198. The maximum Gasteiger partial charge on any atom is 0.333 e. The summed E-state index contributed by atoms with van der Waals surface area (Å²) < 4.78 is 9.47. The second-order valence-corrected chi connectivity index (χ2v) is 3.22. The van der Waals surface area contributed by atoms with E-state index in [1.165, 1.54) is 23.0 Å². The van der Waals surface area contributed by atoms with Crippen LogP contribution in [0.3, 0.4) is 0 Å². The highest BCUT2D eigenvalue weighted by molar-refractivity contribution is 14.1. The first-order valence-corrected chi connectivity index (χ1v) is 4.46. The zero-order chi connectivity index (χ0) is 10.0. The molecule has 76 valence electrons. The molecule has 1 rings (SSSR count). The molecule has 0 unspecified atom stereocenters. The third-order valence-corrected chi connectivity index (χ3v) is 2.29. The highest BCUT2D eigenvalue weighted by atomic mass is 127. The van der Waals surface area contributed by atoms with Gasteiger partial charge in [0.2, 0.25) is 0 Å². The topological polar surface area (TPSA) is 96.2 Å². The lowest BCUT2D eigenvalue weighted by molar-refractivity contribution is -0.228. The molecule has 1 heterocycles. The first-order chi connectivity index (χ1) is 6.06. The monoisotopic (exact) mass is 304 g/mol. The first kappa shape index (κ1) is 11.1. The molecule has 0 amide bonds. The summed E-state index contributed by atoms with van der Waals surface area (Å²) in [4.78, 5) is 10.5. The average Bonchev–Trinajstić information content (AvgIpc) is 2.09. The summed E-state index contributed by atoms with van der Waals surface area (Å²) in [5, 5.41) is 27.0. The van der Waals surface area contributed by atoms with Crippen LogP contribution in [0.15, 0.2) is 0 Å². The Morgan fingerprint density at radius 3 is 2.62 bits per heavy atom. The van der Waals surface area contributed by atoms with E-state index < -0.39 is 30.6 Å². The number of carbonyl (C=O) groups is 1. The molecule has 1 aliphatic rings. The van der Waals surface area contributed by atoms with Crippen LogP contribution in [0, 0.1) is 0 Å². The van der Waals surface area contributed by atoms with Crippen LogP contribution >= 0.6 is 23.0 Å². The summed E-state index contributed by atoms with van der Waals surface area (Å²) in [6.45, 7) is 0. The van der Waals surface area contributed by atoms with E-state index in [9.17, 15) is 15.0 Å². The Morgan fingerprint density at radius 1 is 1.54 bits per heavy atom. The van der Waals surface area contributed by atoms with Crippen molar-refractivity contribution in [2.24, 2.45) is 0 Å². The highest BCUT2D eigenvalue weighted by Gasteiger charge is 2.40. The molecular weight excluding hydrogens is 295 g/mol. The van der Waals surface area contributed by atoms with Gasteiger partial charge in [-0.25, -0.2) is 4.79 Å². The SMILES string of the molecule is O=C(O)[C@@H]1C[C@H](O)[C@@H](O)[C@H](OI)O1. The molecule has 0 aliphatic carbocycles. The summed E-state index contributed by atoms with van der Waals surface area (Å²) in [7, 11) is 0. The summed E-state index contributed by atoms with van der Waals surface area (Å²) in [5.74, 6) is -1.18. The summed E-state index contributed by atoms with van der Waals surface area (Å²) in [6.07, 6.45) is -4.68. The van der Waals surface area contributed by atoms with E-state index in [0.29, 0.717) is 0 Å². The predicted molar refractivity (Wildman–Crippen MR) is 48.0 cm³/mol. The molecule has 0 aromatic rings. The zero-order valence-corrected chi connectivity index (χ0v) is 8.62. The Balaban J connectivity index is 2.63. The molecule has 0 radical (unpaired) electrons. The molecular formula is C6H9IO6. The quantitative estimate of drug-likeness (QED) is 0.582. The number of aliphatic hydroxyl groups is 2. The van der Waals surface area contributed by atoms with Gasteiger partial charge in [0, 0.05) is 6.42 Å². The van der Waals surface area contributed by atoms with Gasteiger partial charge in [0.15, 0.2) is 12.4 Å². The van der Waals surface area contributed by atoms with Crippen molar-refractivity contribution in [3.8, 4) is 0 Å². The smallest absolute Gasteiger partial charge is 0.333 e. The standard InChI is InChI=1S/C6H9IO6/c7-13-6-4(9)2(8)1-3(12-6)5(10)11/h2-4,6,8-9H,1H2,(H,10,11)/t2-,3-,4+,6-/m0/s1. The number of aliphatic carboxylic acids is 1. The van der Waals surface area contributed by atoms with E-state index in [1.807, 2.05) is 0 Å². The number of rotatable bonds is 2. The van der Waals surface area contributed by atoms with Crippen molar-refractivity contribution in [3.05, 3.63) is 0 Å². The molecule has 7 heteroatoms. The van der Waals surface area contributed by atoms with Crippen molar-refractivity contribution in [2.75, 3.05) is 0 Å². The van der Waals surface area contributed by atoms with Gasteiger partial charge in [-0.1, -0.05) is 0 Å². The van der Waals surface area contributed by atoms with E-state index in [0.717, 1.165) is 0 Å². The van der Waals surface area contributed by atoms with E-state index in [1.54, 1.807) is 0 Å². The van der Waals surface area contributed by atoms with Gasteiger partial charge in [-0.15, -0.1) is 0 Å². The molecule has 3 N–H and O–H groups in total. The number of hydrogen-bond donors (Lipinski definition) is 3. The minimum absolute atomic E-state index is 0.132. The van der Waals surface area contributed by atoms with Crippen LogP contribution in [-0.2, 0) is 12.6 Å². The summed E-state index contributed by atoms with van der Waals surface area (Å²) in [5.41, 5.74) is 0. The van der Waals surface area contributed by atoms with Crippen molar-refractivity contribution in [1.29, 1.82) is 0 Å². The molecule has 0 aromatic carbocycles. The van der Waals surface area contributed by atoms with Crippen molar-refractivity contribution in [3.63, 3.8) is 0 Å². The molecule has 0 bridgehead atoms. The zero-order valence-electron chi connectivity index (χ0n) is 6.46. The van der Waals surface area contributed by atoms with Gasteiger partial charge < -0.3 is 20.1 Å². The maximum absolute atomic E-state index is 10.5. The number of hydrogen-bond acceptors (Lipinski definition) is 5. The van der Waals surface area contributed by atoms with Gasteiger partial charge in [0.1, 0.15) is 29.1 Å². The lowest BCUT2D eigenvalue weighted by Gasteiger charge is -2.33. The van der Waals surface area contributed by atoms with E-state index in [2.05, 4.69) is 3.07 Å². The number of carboxylic acids is 1. The highest BCUT2D eigenvalue weighted by Crippen LogP contribution is 2.22. The average molecular weight is 304 g/mol. The Labute approximate surface area is 88.1 Å². The van der Waals surface area contributed by atoms with Gasteiger partial charge in [0.25, 0.3) is 0 Å². The molecule has 1 aliphatic heterocycles. The lowest BCUT2D eigenvalue weighted by atomic mass is 10.0. The number of aliphatic hydroxyl groups excluding tert-OH is 2. The minimum Gasteiger partial charge on any atom is -0.479 e. The second-order valence-electron chi connectivity index (χ2n) is 2.71. The van der Waals surface area contributed by atoms with Crippen LogP contribution in [0.5, 0.6) is 0 Å². The second kappa shape index (κ2) is 4.51. The van der Waals surface area contributed by atoms with Gasteiger partial charge in [-0.05, 0) is 0 Å². The van der Waals surface area contributed by atoms with Gasteiger partial charge >= 0.3 is 5.97 Å². The number of ether oxygens (including phenoxy) is 1. The van der Waals surface area contributed by atoms with Crippen molar-refractivity contribution >= 4 is 29.0 Å². The Morgan fingerprint density at radius 2 is 2.15 bits per heavy atom. The van der Waals surface area contributed by atoms with Crippen molar-refractivity contribution in [2.45, 2.75) is 31.0 Å². The van der Waals surface area contributed by atoms with Crippen LogP contribution in [0.1, 0.15) is 6.42 Å². The van der Waals surface area contributed by atoms with Crippen molar-refractivity contribution in [1.82, 2.24) is 0 Å². The Hall–Kier alpha value is 0.0400. The van der Waals surface area contributed by atoms with Gasteiger partial charge in [-0.2, -0.15) is 0 Å². The fourth-order valence-corrected chi connectivity index (χ4v) is 1.49.